The average molecular weight is 394 g/mol. The van der Waals surface area contributed by atoms with Gasteiger partial charge in [-0.05, 0) is 67.8 Å². The lowest BCUT2D eigenvalue weighted by molar-refractivity contribution is -0.122. The molecule has 29 heavy (non-hydrogen) atoms. The summed E-state index contributed by atoms with van der Waals surface area (Å²) in [6.45, 7) is 6.16. The van der Waals surface area contributed by atoms with Crippen LogP contribution in [0.4, 0.5) is 10.5 Å². The molecule has 1 aliphatic rings. The SMILES string of the molecule is CCOc1ccc(/C=C2\C(=O)NC(=O)N(c3ccc(C)c(C)c3)C2=O)cc1OC. The molecule has 2 aromatic rings. The molecule has 150 valence electrons. The molecule has 0 aromatic heterocycles. The molecule has 0 spiro atoms. The van der Waals surface area contributed by atoms with Crippen LogP contribution in [0.25, 0.3) is 6.08 Å². The summed E-state index contributed by atoms with van der Waals surface area (Å²) < 4.78 is 10.8. The van der Waals surface area contributed by atoms with Gasteiger partial charge in [-0.3, -0.25) is 14.9 Å². The maximum Gasteiger partial charge on any atom is 0.335 e. The van der Waals surface area contributed by atoms with Gasteiger partial charge in [-0.15, -0.1) is 0 Å². The second-order valence-corrected chi connectivity index (χ2v) is 6.57. The summed E-state index contributed by atoms with van der Waals surface area (Å²) in [7, 11) is 1.51. The van der Waals surface area contributed by atoms with Crippen LogP contribution in [0.1, 0.15) is 23.6 Å². The molecule has 0 unspecified atom stereocenters. The average Bonchev–Trinajstić information content (AvgIpc) is 2.69. The lowest BCUT2D eigenvalue weighted by atomic mass is 10.0. The molecule has 4 amide bonds. The number of urea groups is 1. The first-order valence-corrected chi connectivity index (χ1v) is 9.15. The Morgan fingerprint density at radius 3 is 2.41 bits per heavy atom. The minimum absolute atomic E-state index is 0.144. The number of barbiturate groups is 1. The number of methoxy groups -OCH3 is 1. The molecule has 1 N–H and O–H groups in total. The van der Waals surface area contributed by atoms with Crippen LogP contribution >= 0.6 is 0 Å². The third-order valence-corrected chi connectivity index (χ3v) is 4.65. The lowest BCUT2D eigenvalue weighted by Gasteiger charge is -2.26. The molecule has 1 aliphatic heterocycles. The van der Waals surface area contributed by atoms with Crippen LogP contribution in [0.3, 0.4) is 0 Å². The third kappa shape index (κ3) is 3.99. The highest BCUT2D eigenvalue weighted by Gasteiger charge is 2.36. The molecule has 0 saturated carbocycles. The maximum absolute atomic E-state index is 13.0. The summed E-state index contributed by atoms with van der Waals surface area (Å²) in [4.78, 5) is 38.6. The number of carbonyl (C=O) groups excluding carboxylic acids is 3. The van der Waals surface area contributed by atoms with Gasteiger partial charge in [0.1, 0.15) is 5.57 Å². The normalized spacial score (nSPS) is 15.5. The molecule has 7 heteroatoms. The van der Waals surface area contributed by atoms with Crippen molar-refractivity contribution < 1.29 is 23.9 Å². The van der Waals surface area contributed by atoms with Crippen LogP contribution in [-0.2, 0) is 9.59 Å². The number of hydrogen-bond donors (Lipinski definition) is 1. The number of aryl methyl sites for hydroxylation is 2. The standard InChI is InChI=1S/C22H22N2O5/c1-5-29-18-9-7-15(12-19(18)28-4)11-17-20(25)23-22(27)24(21(17)26)16-8-6-13(2)14(3)10-16/h6-12H,5H2,1-4H3,(H,23,25,27)/b17-11+. The smallest absolute Gasteiger partial charge is 0.335 e. The third-order valence-electron chi connectivity index (χ3n) is 4.65. The fourth-order valence-electron chi connectivity index (χ4n) is 2.97. The van der Waals surface area contributed by atoms with Crippen molar-refractivity contribution in [3.8, 4) is 11.5 Å². The van der Waals surface area contributed by atoms with E-state index in [1.54, 1.807) is 30.3 Å². The summed E-state index contributed by atoms with van der Waals surface area (Å²) in [5, 5.41) is 2.23. The van der Waals surface area contributed by atoms with E-state index in [1.807, 2.05) is 26.8 Å². The van der Waals surface area contributed by atoms with Gasteiger partial charge in [0.15, 0.2) is 11.5 Å². The van der Waals surface area contributed by atoms with Gasteiger partial charge in [0.05, 0.1) is 19.4 Å². The quantitative estimate of drug-likeness (QED) is 0.621. The monoisotopic (exact) mass is 394 g/mol. The van der Waals surface area contributed by atoms with Gasteiger partial charge in [0.25, 0.3) is 11.8 Å². The minimum Gasteiger partial charge on any atom is -0.493 e. The molecule has 2 aromatic carbocycles. The van der Waals surface area contributed by atoms with Crippen LogP contribution in [0, 0.1) is 13.8 Å². The Balaban J connectivity index is 2.00. The zero-order valence-corrected chi connectivity index (χ0v) is 16.7. The van der Waals surface area contributed by atoms with E-state index in [4.69, 9.17) is 9.47 Å². The first kappa shape index (κ1) is 20.1. The Bertz CT molecular complexity index is 1030. The first-order valence-electron chi connectivity index (χ1n) is 9.15. The fourth-order valence-corrected chi connectivity index (χ4v) is 2.97. The van der Waals surface area contributed by atoms with E-state index in [0.717, 1.165) is 16.0 Å². The molecule has 0 bridgehead atoms. The van der Waals surface area contributed by atoms with Gasteiger partial charge in [0, 0.05) is 0 Å². The second kappa shape index (κ2) is 8.18. The van der Waals surface area contributed by atoms with Crippen molar-refractivity contribution in [1.82, 2.24) is 5.32 Å². The van der Waals surface area contributed by atoms with Crippen molar-refractivity contribution in [2.24, 2.45) is 0 Å². The van der Waals surface area contributed by atoms with Gasteiger partial charge in [0.2, 0.25) is 0 Å². The van der Waals surface area contributed by atoms with E-state index >= 15 is 0 Å². The molecule has 1 heterocycles. The number of ether oxygens (including phenoxy) is 2. The highest BCUT2D eigenvalue weighted by atomic mass is 16.5. The van der Waals surface area contributed by atoms with E-state index in [1.165, 1.54) is 13.2 Å². The summed E-state index contributed by atoms with van der Waals surface area (Å²) in [5.41, 5.74) is 2.79. The number of carbonyl (C=O) groups is 3. The minimum atomic E-state index is -0.773. The lowest BCUT2D eigenvalue weighted by Crippen LogP contribution is -2.54. The molecular formula is C22H22N2O5. The molecule has 1 fully saturated rings. The van der Waals surface area contributed by atoms with Crippen LogP contribution in [0.5, 0.6) is 11.5 Å². The van der Waals surface area contributed by atoms with Crippen molar-refractivity contribution in [3.05, 3.63) is 58.7 Å². The second-order valence-electron chi connectivity index (χ2n) is 6.57. The predicted molar refractivity (Wildman–Crippen MR) is 109 cm³/mol. The van der Waals surface area contributed by atoms with Gasteiger partial charge >= 0.3 is 6.03 Å². The summed E-state index contributed by atoms with van der Waals surface area (Å²) in [5.74, 6) is -0.391. The number of hydrogen-bond acceptors (Lipinski definition) is 5. The fraction of sp³-hybridized carbons (Fsp3) is 0.227. The van der Waals surface area contributed by atoms with Crippen molar-refractivity contribution >= 4 is 29.6 Å². The van der Waals surface area contributed by atoms with Crippen LogP contribution < -0.4 is 19.7 Å². The molecule has 0 radical (unpaired) electrons. The molecule has 7 nitrogen and oxygen atoms in total. The number of rotatable bonds is 5. The van der Waals surface area contributed by atoms with Crippen molar-refractivity contribution in [2.75, 3.05) is 18.6 Å². The number of nitrogens with zero attached hydrogens (tertiary/aromatic N) is 1. The molecule has 0 atom stereocenters. The Morgan fingerprint density at radius 1 is 1.00 bits per heavy atom. The molecule has 1 saturated heterocycles. The van der Waals surface area contributed by atoms with Crippen molar-refractivity contribution in [3.63, 3.8) is 0 Å². The Hall–Kier alpha value is -3.61. The van der Waals surface area contributed by atoms with E-state index in [2.05, 4.69) is 5.32 Å². The van der Waals surface area contributed by atoms with Gasteiger partial charge in [-0.25, -0.2) is 9.69 Å². The summed E-state index contributed by atoms with van der Waals surface area (Å²) in [6, 6.07) is 9.53. The molecule has 0 aliphatic carbocycles. The van der Waals surface area contributed by atoms with Gasteiger partial charge in [-0.1, -0.05) is 12.1 Å². The highest BCUT2D eigenvalue weighted by molar-refractivity contribution is 6.39. The molecular weight excluding hydrogens is 372 g/mol. The topological polar surface area (TPSA) is 84.9 Å². The predicted octanol–water partition coefficient (Wildman–Crippen LogP) is 3.38. The Kier molecular flexibility index (Phi) is 5.68. The highest BCUT2D eigenvalue weighted by Crippen LogP contribution is 2.30. The molecule has 3 rings (SSSR count). The Labute approximate surface area is 168 Å². The van der Waals surface area contributed by atoms with E-state index in [-0.39, 0.29) is 5.57 Å². The zero-order chi connectivity index (χ0) is 21.1. The number of amides is 4. The van der Waals surface area contributed by atoms with Crippen LogP contribution in [0.15, 0.2) is 42.0 Å². The van der Waals surface area contributed by atoms with Crippen LogP contribution in [0.2, 0.25) is 0 Å². The van der Waals surface area contributed by atoms with Crippen LogP contribution in [-0.4, -0.2) is 31.6 Å². The van der Waals surface area contributed by atoms with E-state index < -0.39 is 17.8 Å². The number of benzene rings is 2. The van der Waals surface area contributed by atoms with Crippen molar-refractivity contribution in [2.45, 2.75) is 20.8 Å². The maximum atomic E-state index is 13.0. The summed E-state index contributed by atoms with van der Waals surface area (Å²) in [6.07, 6.45) is 1.43. The number of imide groups is 2. The van der Waals surface area contributed by atoms with E-state index in [9.17, 15) is 14.4 Å². The summed E-state index contributed by atoms with van der Waals surface area (Å²) >= 11 is 0. The van der Waals surface area contributed by atoms with Gasteiger partial charge in [-0.2, -0.15) is 0 Å². The van der Waals surface area contributed by atoms with Gasteiger partial charge < -0.3 is 9.47 Å². The van der Waals surface area contributed by atoms with E-state index in [0.29, 0.717) is 29.4 Å². The largest absolute Gasteiger partial charge is 0.493 e. The first-order chi connectivity index (χ1) is 13.8. The van der Waals surface area contributed by atoms with Crippen molar-refractivity contribution in [1.29, 1.82) is 0 Å². The Morgan fingerprint density at radius 2 is 1.76 bits per heavy atom. The number of nitrogens with one attached hydrogen (secondary N) is 1. The number of anilines is 1. The zero-order valence-electron chi connectivity index (χ0n) is 16.7.